The van der Waals surface area contributed by atoms with Crippen molar-refractivity contribution >= 4 is 33.2 Å². The van der Waals surface area contributed by atoms with Gasteiger partial charge in [0.15, 0.2) is 0 Å². The third kappa shape index (κ3) is 5.58. The van der Waals surface area contributed by atoms with Gasteiger partial charge in [-0.05, 0) is 48.4 Å². The minimum atomic E-state index is -3.79. The van der Waals surface area contributed by atoms with Gasteiger partial charge in [-0.25, -0.2) is 8.42 Å². The van der Waals surface area contributed by atoms with E-state index in [1.165, 1.54) is 13.0 Å². The molecule has 0 aromatic heterocycles. The van der Waals surface area contributed by atoms with Crippen molar-refractivity contribution in [1.82, 2.24) is 4.90 Å². The monoisotopic (exact) mass is 431 g/mol. The zero-order valence-electron chi connectivity index (χ0n) is 17.0. The summed E-state index contributed by atoms with van der Waals surface area (Å²) in [4.78, 5) is 25.4. The highest BCUT2D eigenvalue weighted by Gasteiger charge is 2.19. The molecule has 3 rings (SSSR count). The van der Waals surface area contributed by atoms with Crippen molar-refractivity contribution in [2.24, 2.45) is 0 Å². The van der Waals surface area contributed by atoms with E-state index in [9.17, 15) is 18.0 Å². The third-order valence-electron chi connectivity index (χ3n) is 4.71. The van der Waals surface area contributed by atoms with Gasteiger partial charge in [0.2, 0.25) is 11.8 Å². The quantitative estimate of drug-likeness (QED) is 0.729. The highest BCUT2D eigenvalue weighted by Crippen LogP contribution is 2.23. The van der Waals surface area contributed by atoms with Gasteiger partial charge in [0.1, 0.15) is 0 Å². The maximum absolute atomic E-state index is 12.8. The van der Waals surface area contributed by atoms with E-state index in [0.717, 1.165) is 5.56 Å². The second-order valence-corrected chi connectivity index (χ2v) is 8.78. The van der Waals surface area contributed by atoms with E-state index in [-0.39, 0.29) is 23.1 Å². The Bertz CT molecular complexity index is 1030. The van der Waals surface area contributed by atoms with Crippen molar-refractivity contribution < 1.29 is 22.7 Å². The molecule has 2 aromatic carbocycles. The minimum Gasteiger partial charge on any atom is -0.378 e. The number of hydrogen-bond donors (Lipinski definition) is 2. The largest absolute Gasteiger partial charge is 0.378 e. The molecule has 1 saturated heterocycles. The van der Waals surface area contributed by atoms with Crippen LogP contribution in [0.25, 0.3) is 0 Å². The van der Waals surface area contributed by atoms with Crippen LogP contribution in [0.15, 0.2) is 47.4 Å². The zero-order valence-corrected chi connectivity index (χ0v) is 17.8. The van der Waals surface area contributed by atoms with Gasteiger partial charge in [0.25, 0.3) is 10.0 Å². The first-order valence-corrected chi connectivity index (χ1v) is 11.1. The molecule has 160 valence electrons. The lowest BCUT2D eigenvalue weighted by Gasteiger charge is -2.26. The Morgan fingerprint density at radius 3 is 2.27 bits per heavy atom. The van der Waals surface area contributed by atoms with Gasteiger partial charge >= 0.3 is 0 Å². The molecular weight excluding hydrogens is 406 g/mol. The summed E-state index contributed by atoms with van der Waals surface area (Å²) in [5.41, 5.74) is 2.27. The summed E-state index contributed by atoms with van der Waals surface area (Å²) < 4.78 is 33.3. The first-order chi connectivity index (χ1) is 14.2. The average molecular weight is 432 g/mol. The number of rotatable bonds is 6. The number of nitrogens with one attached hydrogen (secondary N) is 2. The van der Waals surface area contributed by atoms with Gasteiger partial charge in [0, 0.05) is 31.4 Å². The van der Waals surface area contributed by atoms with Crippen LogP contribution in [0.2, 0.25) is 0 Å². The Morgan fingerprint density at radius 1 is 1.03 bits per heavy atom. The van der Waals surface area contributed by atoms with Crippen molar-refractivity contribution in [2.45, 2.75) is 25.2 Å². The van der Waals surface area contributed by atoms with Crippen LogP contribution in [0.3, 0.4) is 0 Å². The van der Waals surface area contributed by atoms with Crippen LogP contribution in [-0.4, -0.2) is 51.4 Å². The summed E-state index contributed by atoms with van der Waals surface area (Å²) in [5, 5.41) is 2.63. The Labute approximate surface area is 176 Å². The molecule has 30 heavy (non-hydrogen) atoms. The Morgan fingerprint density at radius 2 is 1.67 bits per heavy atom. The molecule has 0 radical (unpaired) electrons. The summed E-state index contributed by atoms with van der Waals surface area (Å²) in [6, 6.07) is 11.4. The Hall–Kier alpha value is -2.91. The molecule has 0 unspecified atom stereocenters. The van der Waals surface area contributed by atoms with E-state index in [1.54, 1.807) is 48.2 Å². The maximum atomic E-state index is 12.8. The lowest BCUT2D eigenvalue weighted by Crippen LogP contribution is -2.41. The smallest absolute Gasteiger partial charge is 0.262 e. The fourth-order valence-corrected chi connectivity index (χ4v) is 4.52. The number of amides is 2. The van der Waals surface area contributed by atoms with Crippen molar-refractivity contribution in [3.63, 3.8) is 0 Å². The summed E-state index contributed by atoms with van der Waals surface area (Å²) in [6.07, 6.45) is 0.261. The molecule has 8 nitrogen and oxygen atoms in total. The Kier molecular flexibility index (Phi) is 6.73. The summed E-state index contributed by atoms with van der Waals surface area (Å²) in [6.45, 7) is 5.35. The lowest BCUT2D eigenvalue weighted by atomic mass is 10.1. The van der Waals surface area contributed by atoms with Crippen LogP contribution < -0.4 is 10.0 Å². The molecule has 9 heteroatoms. The van der Waals surface area contributed by atoms with Gasteiger partial charge in [-0.1, -0.05) is 12.1 Å². The molecule has 0 aliphatic carbocycles. The number of morpholine rings is 1. The fraction of sp³-hybridized carbons (Fsp3) is 0.333. The topological polar surface area (TPSA) is 105 Å². The highest BCUT2D eigenvalue weighted by atomic mass is 32.2. The molecule has 0 atom stereocenters. The van der Waals surface area contributed by atoms with Crippen LogP contribution in [0, 0.1) is 6.92 Å². The fourth-order valence-electron chi connectivity index (χ4n) is 3.23. The minimum absolute atomic E-state index is 0.0292. The summed E-state index contributed by atoms with van der Waals surface area (Å²) in [5.74, 6) is -0.197. The van der Waals surface area contributed by atoms with E-state index in [2.05, 4.69) is 10.0 Å². The van der Waals surface area contributed by atoms with Crippen molar-refractivity contribution in [3.05, 3.63) is 53.6 Å². The van der Waals surface area contributed by atoms with Crippen LogP contribution in [-0.2, 0) is 30.8 Å². The van der Waals surface area contributed by atoms with Gasteiger partial charge in [-0.3, -0.25) is 14.3 Å². The number of nitrogens with zero attached hydrogens (tertiary/aromatic N) is 1. The van der Waals surface area contributed by atoms with E-state index in [1.807, 2.05) is 0 Å². The number of ether oxygens (including phenoxy) is 1. The molecule has 0 bridgehead atoms. The number of aryl methyl sites for hydroxylation is 1. The normalized spacial score (nSPS) is 14.3. The van der Waals surface area contributed by atoms with Gasteiger partial charge in [0.05, 0.1) is 24.5 Å². The number of hydrogen-bond acceptors (Lipinski definition) is 5. The first-order valence-electron chi connectivity index (χ1n) is 9.60. The predicted molar refractivity (Wildman–Crippen MR) is 114 cm³/mol. The molecule has 1 aliphatic rings. The molecule has 1 heterocycles. The van der Waals surface area contributed by atoms with Crippen LogP contribution in [0.4, 0.5) is 11.4 Å². The molecule has 0 spiro atoms. The number of sulfonamides is 1. The second-order valence-electron chi connectivity index (χ2n) is 7.13. The van der Waals surface area contributed by atoms with E-state index in [0.29, 0.717) is 43.2 Å². The predicted octanol–water partition coefficient (Wildman–Crippen LogP) is 2.16. The molecule has 2 N–H and O–H groups in total. The molecular formula is C21H25N3O5S. The van der Waals surface area contributed by atoms with E-state index < -0.39 is 10.0 Å². The van der Waals surface area contributed by atoms with Crippen molar-refractivity contribution in [2.75, 3.05) is 36.3 Å². The Balaban J connectivity index is 1.66. The second kappa shape index (κ2) is 9.27. The van der Waals surface area contributed by atoms with Crippen LogP contribution in [0.1, 0.15) is 18.1 Å². The SMILES string of the molecule is CC(=O)Nc1ccc(S(=O)(=O)Nc2ccc(CC(=O)N3CCOCC3)cc2)c(C)c1. The summed E-state index contributed by atoms with van der Waals surface area (Å²) >= 11 is 0. The standard InChI is InChI=1S/C21H25N3O5S/c1-15-13-19(22-16(2)25)7-8-20(15)30(27,28)23-18-5-3-17(4-6-18)14-21(26)24-9-11-29-12-10-24/h3-8,13,23H,9-12,14H2,1-2H3,(H,22,25). The molecule has 0 saturated carbocycles. The first kappa shape index (κ1) is 21.8. The number of carbonyl (C=O) groups is 2. The lowest BCUT2D eigenvalue weighted by molar-refractivity contribution is -0.134. The van der Waals surface area contributed by atoms with Crippen molar-refractivity contribution in [1.29, 1.82) is 0 Å². The zero-order chi connectivity index (χ0) is 21.7. The third-order valence-corrected chi connectivity index (χ3v) is 6.25. The van der Waals surface area contributed by atoms with E-state index in [4.69, 9.17) is 4.74 Å². The van der Waals surface area contributed by atoms with Crippen LogP contribution in [0.5, 0.6) is 0 Å². The van der Waals surface area contributed by atoms with Gasteiger partial charge in [-0.15, -0.1) is 0 Å². The van der Waals surface area contributed by atoms with Gasteiger partial charge < -0.3 is 15.0 Å². The molecule has 2 aromatic rings. The maximum Gasteiger partial charge on any atom is 0.262 e. The molecule has 1 fully saturated rings. The molecule has 1 aliphatic heterocycles. The number of anilines is 2. The average Bonchev–Trinajstić information content (AvgIpc) is 2.69. The van der Waals surface area contributed by atoms with E-state index >= 15 is 0 Å². The van der Waals surface area contributed by atoms with Crippen LogP contribution >= 0.6 is 0 Å². The van der Waals surface area contributed by atoms with Crippen molar-refractivity contribution in [3.8, 4) is 0 Å². The highest BCUT2D eigenvalue weighted by molar-refractivity contribution is 7.92. The number of benzene rings is 2. The number of carbonyl (C=O) groups excluding carboxylic acids is 2. The summed E-state index contributed by atoms with van der Waals surface area (Å²) in [7, 11) is -3.79. The molecule has 2 amide bonds. The van der Waals surface area contributed by atoms with Gasteiger partial charge in [-0.2, -0.15) is 0 Å².